The van der Waals surface area contributed by atoms with Crippen molar-refractivity contribution in [1.82, 2.24) is 0 Å². The van der Waals surface area contributed by atoms with Crippen LogP contribution in [0.15, 0.2) is 22.7 Å². The van der Waals surface area contributed by atoms with Gasteiger partial charge in [0.15, 0.2) is 5.69 Å². The van der Waals surface area contributed by atoms with Gasteiger partial charge in [0.05, 0.1) is 18.7 Å². The van der Waals surface area contributed by atoms with E-state index in [9.17, 15) is 4.79 Å². The minimum atomic E-state index is -0.379. The molecule has 0 aromatic heterocycles. The summed E-state index contributed by atoms with van der Waals surface area (Å²) in [5.74, 6) is -0.379. The third-order valence-corrected chi connectivity index (χ3v) is 2.23. The van der Waals surface area contributed by atoms with E-state index in [0.717, 1.165) is 0 Å². The molecule has 1 aromatic carbocycles. The Labute approximate surface area is 90.6 Å². The molecular weight excluding hydrogens is 246 g/mol. The maximum atomic E-state index is 11.3. The Kier molecular flexibility index (Phi) is 3.66. The highest BCUT2D eigenvalue weighted by Crippen LogP contribution is 2.23. The first-order valence-electron chi connectivity index (χ1n) is 4.03. The van der Waals surface area contributed by atoms with Crippen LogP contribution in [0, 0.1) is 6.57 Å². The zero-order valence-electron chi connectivity index (χ0n) is 7.58. The van der Waals surface area contributed by atoms with E-state index >= 15 is 0 Å². The Bertz CT molecular complexity index is 396. The van der Waals surface area contributed by atoms with Crippen molar-refractivity contribution in [3.8, 4) is 0 Å². The fraction of sp³-hybridized carbons (Fsp3) is 0.200. The van der Waals surface area contributed by atoms with Crippen molar-refractivity contribution in [3.05, 3.63) is 39.7 Å². The van der Waals surface area contributed by atoms with Gasteiger partial charge in [-0.25, -0.2) is 9.64 Å². The second-order valence-corrected chi connectivity index (χ2v) is 3.35. The monoisotopic (exact) mass is 253 g/mol. The van der Waals surface area contributed by atoms with Crippen LogP contribution in [0.1, 0.15) is 17.3 Å². The van der Waals surface area contributed by atoms with Crippen LogP contribution in [-0.4, -0.2) is 12.6 Å². The normalized spacial score (nSPS) is 9.21. The summed E-state index contributed by atoms with van der Waals surface area (Å²) in [6.45, 7) is 8.88. The molecule has 0 heterocycles. The van der Waals surface area contributed by atoms with Gasteiger partial charge in [-0.15, -0.1) is 0 Å². The van der Waals surface area contributed by atoms with E-state index in [4.69, 9.17) is 11.3 Å². The Morgan fingerprint density at radius 1 is 1.64 bits per heavy atom. The fourth-order valence-electron chi connectivity index (χ4n) is 0.948. The summed E-state index contributed by atoms with van der Waals surface area (Å²) in [6.07, 6.45) is 0. The lowest BCUT2D eigenvalue weighted by molar-refractivity contribution is 0.0525. The largest absolute Gasteiger partial charge is 0.462 e. The van der Waals surface area contributed by atoms with Crippen molar-refractivity contribution in [2.45, 2.75) is 6.92 Å². The molecule has 0 N–H and O–H groups in total. The average Bonchev–Trinajstić information content (AvgIpc) is 2.17. The van der Waals surface area contributed by atoms with Gasteiger partial charge in [0.1, 0.15) is 0 Å². The molecule has 0 bridgehead atoms. The number of nitrogens with zero attached hydrogens (tertiary/aromatic N) is 1. The number of carbonyl (C=O) groups excluding carboxylic acids is 1. The number of ether oxygens (including phenoxy) is 1. The molecule has 0 unspecified atom stereocenters. The van der Waals surface area contributed by atoms with Gasteiger partial charge in [0, 0.05) is 4.47 Å². The second-order valence-electron chi connectivity index (χ2n) is 2.50. The molecule has 3 nitrogen and oxygen atoms in total. The van der Waals surface area contributed by atoms with Crippen molar-refractivity contribution < 1.29 is 9.53 Å². The molecule has 72 valence electrons. The van der Waals surface area contributed by atoms with Gasteiger partial charge in [-0.05, 0) is 13.0 Å². The zero-order valence-corrected chi connectivity index (χ0v) is 9.17. The first-order valence-corrected chi connectivity index (χ1v) is 4.82. The number of benzene rings is 1. The molecule has 4 heteroatoms. The summed E-state index contributed by atoms with van der Waals surface area (Å²) in [7, 11) is 0. The van der Waals surface area contributed by atoms with E-state index in [1.54, 1.807) is 25.1 Å². The third kappa shape index (κ3) is 2.33. The van der Waals surface area contributed by atoms with Crippen LogP contribution >= 0.6 is 15.9 Å². The molecule has 0 saturated carbocycles. The summed E-state index contributed by atoms with van der Waals surface area (Å²) in [4.78, 5) is 14.6. The average molecular weight is 254 g/mol. The molecule has 0 aliphatic heterocycles. The second kappa shape index (κ2) is 4.77. The maximum Gasteiger partial charge on any atom is 0.339 e. The standard InChI is InChI=1S/C10H8BrNO2/c1-3-14-10(13)8-5-4-7(12-2)6-9(8)11/h4-6H,3H2,1H3. The van der Waals surface area contributed by atoms with Crippen LogP contribution in [0.2, 0.25) is 0 Å². The molecule has 1 rings (SSSR count). The van der Waals surface area contributed by atoms with Crippen molar-refractivity contribution in [2.75, 3.05) is 6.61 Å². The Morgan fingerprint density at radius 2 is 2.36 bits per heavy atom. The number of halogens is 1. The Morgan fingerprint density at radius 3 is 2.86 bits per heavy atom. The molecule has 0 saturated heterocycles. The Balaban J connectivity index is 3.01. The summed E-state index contributed by atoms with van der Waals surface area (Å²) in [6, 6.07) is 4.76. The summed E-state index contributed by atoms with van der Waals surface area (Å²) in [5.41, 5.74) is 0.934. The van der Waals surface area contributed by atoms with Crippen LogP contribution in [0.3, 0.4) is 0 Å². The molecule has 14 heavy (non-hydrogen) atoms. The van der Waals surface area contributed by atoms with E-state index in [-0.39, 0.29) is 5.97 Å². The summed E-state index contributed by atoms with van der Waals surface area (Å²) in [5, 5.41) is 0. The number of carbonyl (C=O) groups is 1. The highest BCUT2D eigenvalue weighted by atomic mass is 79.9. The summed E-state index contributed by atoms with van der Waals surface area (Å²) >= 11 is 3.21. The van der Waals surface area contributed by atoms with E-state index < -0.39 is 0 Å². The maximum absolute atomic E-state index is 11.3. The minimum absolute atomic E-state index is 0.343. The molecule has 1 aromatic rings. The molecular formula is C10H8BrNO2. The lowest BCUT2D eigenvalue weighted by Gasteiger charge is -2.03. The quantitative estimate of drug-likeness (QED) is 0.599. The van der Waals surface area contributed by atoms with Crippen LogP contribution in [0.4, 0.5) is 5.69 Å². The van der Waals surface area contributed by atoms with Crippen molar-refractivity contribution >= 4 is 27.6 Å². The van der Waals surface area contributed by atoms with Crippen LogP contribution in [-0.2, 0) is 4.74 Å². The molecule has 0 fully saturated rings. The lowest BCUT2D eigenvalue weighted by Crippen LogP contribution is -2.04. The number of hydrogen-bond donors (Lipinski definition) is 0. The van der Waals surface area contributed by atoms with Crippen molar-refractivity contribution in [2.24, 2.45) is 0 Å². The van der Waals surface area contributed by atoms with E-state index in [1.807, 2.05) is 0 Å². The molecule has 0 amide bonds. The van der Waals surface area contributed by atoms with Gasteiger partial charge in [-0.1, -0.05) is 28.1 Å². The SMILES string of the molecule is [C-]#[N+]c1ccc(C(=O)OCC)c(Br)c1. The predicted molar refractivity (Wildman–Crippen MR) is 56.4 cm³/mol. The van der Waals surface area contributed by atoms with Crippen LogP contribution in [0.25, 0.3) is 4.85 Å². The van der Waals surface area contributed by atoms with Gasteiger partial charge in [0.25, 0.3) is 0 Å². The van der Waals surface area contributed by atoms with Crippen molar-refractivity contribution in [1.29, 1.82) is 0 Å². The van der Waals surface area contributed by atoms with Gasteiger partial charge < -0.3 is 4.74 Å². The number of hydrogen-bond acceptors (Lipinski definition) is 2. The van der Waals surface area contributed by atoms with Gasteiger partial charge >= 0.3 is 5.97 Å². The first kappa shape index (κ1) is 10.7. The number of rotatable bonds is 2. The topological polar surface area (TPSA) is 30.7 Å². The van der Waals surface area contributed by atoms with Crippen LogP contribution in [0.5, 0.6) is 0 Å². The van der Waals surface area contributed by atoms with Gasteiger partial charge in [-0.2, -0.15) is 0 Å². The summed E-state index contributed by atoms with van der Waals surface area (Å²) < 4.78 is 5.42. The molecule has 0 radical (unpaired) electrons. The van der Waals surface area contributed by atoms with Crippen LogP contribution < -0.4 is 0 Å². The smallest absolute Gasteiger partial charge is 0.339 e. The van der Waals surface area contributed by atoms with E-state index in [0.29, 0.717) is 22.3 Å². The molecule has 0 spiro atoms. The molecule has 0 aliphatic carbocycles. The Hall–Kier alpha value is -1.34. The number of esters is 1. The fourth-order valence-corrected chi connectivity index (χ4v) is 1.48. The van der Waals surface area contributed by atoms with E-state index in [1.165, 1.54) is 0 Å². The molecule has 0 aliphatic rings. The zero-order chi connectivity index (χ0) is 10.6. The minimum Gasteiger partial charge on any atom is -0.462 e. The van der Waals surface area contributed by atoms with E-state index in [2.05, 4.69) is 20.8 Å². The highest BCUT2D eigenvalue weighted by Gasteiger charge is 2.10. The van der Waals surface area contributed by atoms with Crippen molar-refractivity contribution in [3.63, 3.8) is 0 Å². The third-order valence-electron chi connectivity index (χ3n) is 1.58. The van der Waals surface area contributed by atoms with Gasteiger partial charge in [0.2, 0.25) is 0 Å². The lowest BCUT2D eigenvalue weighted by atomic mass is 10.2. The predicted octanol–water partition coefficient (Wildman–Crippen LogP) is 3.18. The highest BCUT2D eigenvalue weighted by molar-refractivity contribution is 9.10. The van der Waals surface area contributed by atoms with Gasteiger partial charge in [-0.3, -0.25) is 0 Å². The first-order chi connectivity index (χ1) is 6.69. The molecule has 0 atom stereocenters.